The van der Waals surface area contributed by atoms with Crippen LogP contribution in [0.3, 0.4) is 0 Å². The van der Waals surface area contributed by atoms with E-state index in [1.807, 2.05) is 20.8 Å². The minimum absolute atomic E-state index is 0.309. The lowest BCUT2D eigenvalue weighted by Gasteiger charge is -2.19. The average molecular weight is 185 g/mol. The van der Waals surface area contributed by atoms with Gasteiger partial charge in [-0.2, -0.15) is 9.49 Å². The van der Waals surface area contributed by atoms with Crippen LogP contribution >= 0.6 is 0 Å². The summed E-state index contributed by atoms with van der Waals surface area (Å²) in [7, 11) is 0. The summed E-state index contributed by atoms with van der Waals surface area (Å²) < 4.78 is 15.0. The zero-order valence-corrected chi connectivity index (χ0v) is 8.50. The maximum absolute atomic E-state index is 13.6. The van der Waals surface area contributed by atoms with Crippen LogP contribution in [0.1, 0.15) is 39.3 Å². The van der Waals surface area contributed by atoms with Gasteiger partial charge in [0.1, 0.15) is 0 Å². The van der Waals surface area contributed by atoms with Gasteiger partial charge in [-0.3, -0.25) is 0 Å². The summed E-state index contributed by atoms with van der Waals surface area (Å²) in [6.07, 6.45) is 1.49. The Hall–Kier alpha value is -0.900. The summed E-state index contributed by atoms with van der Waals surface area (Å²) in [5.41, 5.74) is 5.71. The van der Waals surface area contributed by atoms with E-state index in [4.69, 9.17) is 5.73 Å². The first-order valence-electron chi connectivity index (χ1n) is 4.33. The van der Waals surface area contributed by atoms with Crippen molar-refractivity contribution in [2.45, 2.75) is 39.3 Å². The molecule has 1 atom stereocenters. The largest absolute Gasteiger partial charge is 0.324 e. The zero-order chi connectivity index (χ0) is 10.2. The van der Waals surface area contributed by atoms with Gasteiger partial charge in [-0.05, 0) is 27.7 Å². The first kappa shape index (κ1) is 10.2. The minimum Gasteiger partial charge on any atom is -0.324 e. The molecule has 2 N–H and O–H groups in total. The minimum atomic E-state index is -0.336. The number of aromatic nitrogens is 2. The lowest BCUT2D eigenvalue weighted by atomic mass is 10.1. The predicted octanol–water partition coefficient (Wildman–Crippen LogP) is 1.80. The Kier molecular flexibility index (Phi) is 2.43. The van der Waals surface area contributed by atoms with E-state index < -0.39 is 0 Å². The molecular formula is C9H16FN3. The van der Waals surface area contributed by atoms with Gasteiger partial charge in [-0.15, -0.1) is 0 Å². The van der Waals surface area contributed by atoms with Crippen molar-refractivity contribution in [1.29, 1.82) is 0 Å². The van der Waals surface area contributed by atoms with Crippen molar-refractivity contribution in [3.8, 4) is 0 Å². The van der Waals surface area contributed by atoms with Gasteiger partial charge in [0.25, 0.3) is 0 Å². The van der Waals surface area contributed by atoms with E-state index in [0.29, 0.717) is 5.56 Å². The lowest BCUT2D eigenvalue weighted by Crippen LogP contribution is -2.25. The number of rotatable bonds is 1. The van der Waals surface area contributed by atoms with Crippen LogP contribution in [0.25, 0.3) is 0 Å². The highest BCUT2D eigenvalue weighted by molar-refractivity contribution is 5.12. The van der Waals surface area contributed by atoms with Crippen molar-refractivity contribution in [2.24, 2.45) is 5.73 Å². The molecule has 1 heterocycles. The molecule has 4 heteroatoms. The van der Waals surface area contributed by atoms with Crippen molar-refractivity contribution in [3.05, 3.63) is 17.7 Å². The maximum Gasteiger partial charge on any atom is 0.216 e. The van der Waals surface area contributed by atoms with Gasteiger partial charge < -0.3 is 5.73 Å². The Balaban J connectivity index is 3.14. The second-order valence-electron chi connectivity index (χ2n) is 4.26. The second-order valence-corrected chi connectivity index (χ2v) is 4.26. The summed E-state index contributed by atoms with van der Waals surface area (Å²) in [6, 6.07) is -0.309. The van der Waals surface area contributed by atoms with Crippen molar-refractivity contribution in [3.63, 3.8) is 0 Å². The molecule has 0 radical (unpaired) electrons. The Morgan fingerprint density at radius 3 is 2.31 bits per heavy atom. The molecule has 1 unspecified atom stereocenters. The van der Waals surface area contributed by atoms with E-state index >= 15 is 0 Å². The molecule has 1 aromatic heterocycles. The second kappa shape index (κ2) is 3.10. The topological polar surface area (TPSA) is 43.8 Å². The molecule has 0 aliphatic heterocycles. The van der Waals surface area contributed by atoms with Crippen LogP contribution in [0.5, 0.6) is 0 Å². The SMILES string of the molecule is CC(N)c1cnn(C(C)(C)C)c1F. The van der Waals surface area contributed by atoms with Crippen LogP contribution in [0.2, 0.25) is 0 Å². The molecule has 74 valence electrons. The molecule has 0 fully saturated rings. The highest BCUT2D eigenvalue weighted by atomic mass is 19.1. The van der Waals surface area contributed by atoms with Crippen LogP contribution < -0.4 is 5.73 Å². The summed E-state index contributed by atoms with van der Waals surface area (Å²) >= 11 is 0. The summed E-state index contributed by atoms with van der Waals surface area (Å²) in [5.74, 6) is -0.331. The molecule has 0 aliphatic rings. The first-order chi connectivity index (χ1) is 5.84. The molecule has 13 heavy (non-hydrogen) atoms. The smallest absolute Gasteiger partial charge is 0.216 e. The van der Waals surface area contributed by atoms with Crippen molar-refractivity contribution < 1.29 is 4.39 Å². The number of nitrogens with two attached hydrogens (primary N) is 1. The Bertz CT molecular complexity index is 296. The molecule has 0 aliphatic carbocycles. The molecule has 1 rings (SSSR count). The summed E-state index contributed by atoms with van der Waals surface area (Å²) in [5, 5.41) is 3.97. The highest BCUT2D eigenvalue weighted by Crippen LogP contribution is 2.20. The average Bonchev–Trinajstić information content (AvgIpc) is 2.28. The van der Waals surface area contributed by atoms with E-state index in [-0.39, 0.29) is 17.5 Å². The molecule has 3 nitrogen and oxygen atoms in total. The van der Waals surface area contributed by atoms with Gasteiger partial charge in [0.05, 0.1) is 11.7 Å². The van der Waals surface area contributed by atoms with Crippen LogP contribution in [0.4, 0.5) is 4.39 Å². The molecule has 0 saturated heterocycles. The fourth-order valence-corrected chi connectivity index (χ4v) is 1.12. The Morgan fingerprint density at radius 2 is 2.08 bits per heavy atom. The third-order valence-corrected chi connectivity index (χ3v) is 1.86. The van der Waals surface area contributed by atoms with Gasteiger partial charge in [0, 0.05) is 11.6 Å². The van der Waals surface area contributed by atoms with E-state index in [1.54, 1.807) is 6.92 Å². The van der Waals surface area contributed by atoms with Gasteiger partial charge in [-0.1, -0.05) is 0 Å². The van der Waals surface area contributed by atoms with E-state index in [9.17, 15) is 4.39 Å². The standard InChI is InChI=1S/C9H16FN3/c1-6(11)7-5-12-13(8(7)10)9(2,3)4/h5-6H,11H2,1-4H3. The summed E-state index contributed by atoms with van der Waals surface area (Å²) in [6.45, 7) is 7.43. The normalized spacial score (nSPS) is 14.6. The van der Waals surface area contributed by atoms with Gasteiger partial charge in [0.15, 0.2) is 0 Å². The molecule has 0 saturated carbocycles. The molecular weight excluding hydrogens is 169 g/mol. The number of hydrogen-bond acceptors (Lipinski definition) is 2. The predicted molar refractivity (Wildman–Crippen MR) is 49.8 cm³/mol. The molecule has 0 amide bonds. The van der Waals surface area contributed by atoms with Crippen molar-refractivity contribution in [2.75, 3.05) is 0 Å². The third kappa shape index (κ3) is 1.88. The number of hydrogen-bond donors (Lipinski definition) is 1. The fourth-order valence-electron chi connectivity index (χ4n) is 1.12. The Morgan fingerprint density at radius 1 is 1.54 bits per heavy atom. The quantitative estimate of drug-likeness (QED) is 0.725. The van der Waals surface area contributed by atoms with Crippen LogP contribution in [0, 0.1) is 5.95 Å². The fraction of sp³-hybridized carbons (Fsp3) is 0.667. The van der Waals surface area contributed by atoms with Gasteiger partial charge in [0.2, 0.25) is 5.95 Å². The van der Waals surface area contributed by atoms with Crippen LogP contribution in [-0.4, -0.2) is 9.78 Å². The van der Waals surface area contributed by atoms with Gasteiger partial charge in [-0.25, -0.2) is 4.68 Å². The van der Waals surface area contributed by atoms with E-state index in [1.165, 1.54) is 10.9 Å². The molecule has 0 bridgehead atoms. The first-order valence-corrected chi connectivity index (χ1v) is 4.33. The Labute approximate surface area is 77.7 Å². The number of nitrogens with zero attached hydrogens (tertiary/aromatic N) is 2. The molecule has 0 spiro atoms. The summed E-state index contributed by atoms with van der Waals surface area (Å²) in [4.78, 5) is 0. The maximum atomic E-state index is 13.6. The van der Waals surface area contributed by atoms with E-state index in [2.05, 4.69) is 5.10 Å². The third-order valence-electron chi connectivity index (χ3n) is 1.86. The van der Waals surface area contributed by atoms with Gasteiger partial charge >= 0.3 is 0 Å². The van der Waals surface area contributed by atoms with Crippen LogP contribution in [0.15, 0.2) is 6.20 Å². The van der Waals surface area contributed by atoms with Crippen molar-refractivity contribution in [1.82, 2.24) is 9.78 Å². The molecule has 1 aromatic rings. The van der Waals surface area contributed by atoms with E-state index in [0.717, 1.165) is 0 Å². The lowest BCUT2D eigenvalue weighted by molar-refractivity contribution is 0.297. The molecule has 0 aromatic carbocycles. The number of halogens is 1. The van der Waals surface area contributed by atoms with Crippen LogP contribution in [-0.2, 0) is 5.54 Å². The van der Waals surface area contributed by atoms with Crippen molar-refractivity contribution >= 4 is 0 Å². The highest BCUT2D eigenvalue weighted by Gasteiger charge is 2.21. The monoisotopic (exact) mass is 185 g/mol. The zero-order valence-electron chi connectivity index (χ0n) is 8.50.